The Morgan fingerprint density at radius 3 is 2.50 bits per heavy atom. The van der Waals surface area contributed by atoms with Gasteiger partial charge in [-0.05, 0) is 72.7 Å². The number of thiocarbonyl (C=S) groups is 1. The first-order valence-electron chi connectivity index (χ1n) is 11.1. The number of carbonyl (C=O) groups is 2. The van der Waals surface area contributed by atoms with E-state index in [1.165, 1.54) is 18.1 Å². The first kappa shape index (κ1) is 25.4. The Labute approximate surface area is 222 Å². The lowest BCUT2D eigenvalue weighted by Crippen LogP contribution is -2.54. The number of carbonyl (C=O) groups excluding carboxylic acids is 2. The molecule has 2 amide bonds. The molecule has 1 heterocycles. The fourth-order valence-corrected chi connectivity index (χ4v) is 4.12. The normalized spacial score (nSPS) is 14.6. The van der Waals surface area contributed by atoms with Crippen LogP contribution in [0.15, 0.2) is 76.8 Å². The molecule has 1 fully saturated rings. The number of benzene rings is 3. The van der Waals surface area contributed by atoms with Crippen molar-refractivity contribution in [2.24, 2.45) is 0 Å². The van der Waals surface area contributed by atoms with Crippen molar-refractivity contribution < 1.29 is 23.8 Å². The number of methoxy groups -OCH3 is 1. The highest BCUT2D eigenvalue weighted by Gasteiger charge is 2.34. The van der Waals surface area contributed by atoms with E-state index in [2.05, 4.69) is 21.2 Å². The quantitative estimate of drug-likeness (QED) is 0.227. The van der Waals surface area contributed by atoms with Gasteiger partial charge in [-0.15, -0.1) is 0 Å². The molecule has 0 spiro atoms. The highest BCUT2D eigenvalue weighted by molar-refractivity contribution is 9.10. The van der Waals surface area contributed by atoms with Gasteiger partial charge in [-0.25, -0.2) is 0 Å². The molecular weight excluding hydrogens is 544 g/mol. The van der Waals surface area contributed by atoms with Crippen molar-refractivity contribution in [2.75, 3.05) is 18.6 Å². The smallest absolute Gasteiger partial charge is 0.270 e. The van der Waals surface area contributed by atoms with Gasteiger partial charge in [0.1, 0.15) is 17.9 Å². The lowest BCUT2D eigenvalue weighted by atomic mass is 10.1. The second kappa shape index (κ2) is 11.4. The van der Waals surface area contributed by atoms with Gasteiger partial charge in [0, 0.05) is 10.5 Å². The van der Waals surface area contributed by atoms with Crippen LogP contribution in [0.1, 0.15) is 18.1 Å². The predicted octanol–water partition coefficient (Wildman–Crippen LogP) is 5.27. The van der Waals surface area contributed by atoms with Gasteiger partial charge in [0.05, 0.1) is 19.4 Å². The van der Waals surface area contributed by atoms with Crippen molar-refractivity contribution in [3.8, 4) is 17.2 Å². The summed E-state index contributed by atoms with van der Waals surface area (Å²) in [5.41, 5.74) is 2.03. The van der Waals surface area contributed by atoms with E-state index in [1.807, 2.05) is 31.2 Å². The monoisotopic (exact) mass is 566 g/mol. The molecule has 184 valence electrons. The van der Waals surface area contributed by atoms with Crippen molar-refractivity contribution in [1.29, 1.82) is 0 Å². The van der Waals surface area contributed by atoms with E-state index in [4.69, 9.17) is 26.4 Å². The third kappa shape index (κ3) is 5.75. The van der Waals surface area contributed by atoms with Gasteiger partial charge in [0.15, 0.2) is 16.6 Å². The fourth-order valence-electron chi connectivity index (χ4n) is 3.57. The number of anilines is 1. The highest BCUT2D eigenvalue weighted by atomic mass is 79.9. The number of nitrogens with one attached hydrogen (secondary N) is 1. The molecule has 3 aromatic carbocycles. The third-order valence-corrected chi connectivity index (χ3v) is 6.11. The zero-order valence-electron chi connectivity index (χ0n) is 19.6. The lowest BCUT2D eigenvalue weighted by molar-refractivity contribution is -0.122. The van der Waals surface area contributed by atoms with E-state index in [1.54, 1.807) is 42.5 Å². The summed E-state index contributed by atoms with van der Waals surface area (Å²) in [6.07, 6.45) is 1.50. The molecule has 1 N–H and O–H groups in total. The van der Waals surface area contributed by atoms with Crippen LogP contribution in [-0.2, 0) is 16.2 Å². The first-order chi connectivity index (χ1) is 17.4. The molecule has 0 saturated carbocycles. The van der Waals surface area contributed by atoms with Crippen molar-refractivity contribution in [1.82, 2.24) is 5.32 Å². The van der Waals surface area contributed by atoms with Crippen LogP contribution < -0.4 is 24.4 Å². The SMILES string of the molecule is CCOc1cccc(N2C(=O)/C(=C/c3ccc(OCc4ccc(Br)cc4)c(OC)c3)C(=O)NC2=S)c1. The standard InChI is InChI=1S/C27H23BrN2O5S/c1-3-34-21-6-4-5-20(15-21)30-26(32)22(25(31)29-27(30)36)13-18-9-12-23(24(14-18)33-2)35-16-17-7-10-19(28)11-8-17/h4-15H,3,16H2,1-2H3,(H,29,31,36)/b22-13+. The van der Waals surface area contributed by atoms with Gasteiger partial charge in [0.2, 0.25) is 0 Å². The molecule has 1 aliphatic heterocycles. The first-order valence-corrected chi connectivity index (χ1v) is 12.3. The zero-order valence-corrected chi connectivity index (χ0v) is 22.0. The summed E-state index contributed by atoms with van der Waals surface area (Å²) >= 11 is 8.70. The maximum atomic E-state index is 13.3. The summed E-state index contributed by atoms with van der Waals surface area (Å²) < 4.78 is 17.9. The van der Waals surface area contributed by atoms with E-state index in [0.717, 1.165) is 10.0 Å². The van der Waals surface area contributed by atoms with Crippen LogP contribution in [0, 0.1) is 0 Å². The molecule has 7 nitrogen and oxygen atoms in total. The Bertz CT molecular complexity index is 1340. The molecule has 0 atom stereocenters. The molecule has 9 heteroatoms. The molecule has 36 heavy (non-hydrogen) atoms. The number of nitrogens with zero attached hydrogens (tertiary/aromatic N) is 1. The van der Waals surface area contributed by atoms with Crippen molar-refractivity contribution in [2.45, 2.75) is 13.5 Å². The lowest BCUT2D eigenvalue weighted by Gasteiger charge is -2.29. The van der Waals surface area contributed by atoms with Crippen LogP contribution in [0.2, 0.25) is 0 Å². The second-order valence-electron chi connectivity index (χ2n) is 7.71. The van der Waals surface area contributed by atoms with E-state index in [9.17, 15) is 9.59 Å². The minimum Gasteiger partial charge on any atom is -0.494 e. The Kier molecular flexibility index (Phi) is 8.02. The van der Waals surface area contributed by atoms with Crippen LogP contribution >= 0.6 is 28.1 Å². The average Bonchev–Trinajstić information content (AvgIpc) is 2.87. The molecule has 1 aliphatic rings. The molecule has 0 radical (unpaired) electrons. The van der Waals surface area contributed by atoms with Crippen LogP contribution in [0.4, 0.5) is 5.69 Å². The number of hydrogen-bond donors (Lipinski definition) is 1. The number of hydrogen-bond acceptors (Lipinski definition) is 6. The van der Waals surface area contributed by atoms with Gasteiger partial charge in [-0.1, -0.05) is 40.2 Å². The number of rotatable bonds is 8. The van der Waals surface area contributed by atoms with E-state index in [-0.39, 0.29) is 10.7 Å². The predicted molar refractivity (Wildman–Crippen MR) is 145 cm³/mol. The highest BCUT2D eigenvalue weighted by Crippen LogP contribution is 2.31. The van der Waals surface area contributed by atoms with Crippen LogP contribution in [0.25, 0.3) is 6.08 Å². The number of halogens is 1. The molecule has 0 aliphatic carbocycles. The maximum absolute atomic E-state index is 13.3. The summed E-state index contributed by atoms with van der Waals surface area (Å²) in [4.78, 5) is 27.3. The summed E-state index contributed by atoms with van der Waals surface area (Å²) in [6.45, 7) is 2.71. The molecule has 0 aromatic heterocycles. The van der Waals surface area contributed by atoms with Crippen LogP contribution in [-0.4, -0.2) is 30.6 Å². The van der Waals surface area contributed by atoms with Crippen LogP contribution in [0.3, 0.4) is 0 Å². The Morgan fingerprint density at radius 2 is 1.78 bits per heavy atom. The van der Waals surface area contributed by atoms with E-state index in [0.29, 0.717) is 41.7 Å². The minimum atomic E-state index is -0.572. The van der Waals surface area contributed by atoms with Gasteiger partial charge >= 0.3 is 0 Å². The summed E-state index contributed by atoms with van der Waals surface area (Å²) in [7, 11) is 1.53. The van der Waals surface area contributed by atoms with Gasteiger partial charge in [-0.3, -0.25) is 19.8 Å². The van der Waals surface area contributed by atoms with Crippen molar-refractivity contribution in [3.63, 3.8) is 0 Å². The van der Waals surface area contributed by atoms with Crippen molar-refractivity contribution in [3.05, 3.63) is 87.9 Å². The van der Waals surface area contributed by atoms with Crippen LogP contribution in [0.5, 0.6) is 17.2 Å². The Hall–Kier alpha value is -3.69. The summed E-state index contributed by atoms with van der Waals surface area (Å²) in [6, 6.07) is 20.0. The van der Waals surface area contributed by atoms with E-state index >= 15 is 0 Å². The average molecular weight is 567 g/mol. The van der Waals surface area contributed by atoms with Gasteiger partial charge < -0.3 is 14.2 Å². The number of amides is 2. The van der Waals surface area contributed by atoms with E-state index < -0.39 is 11.8 Å². The maximum Gasteiger partial charge on any atom is 0.270 e. The fraction of sp³-hybridized carbons (Fsp3) is 0.148. The Morgan fingerprint density at radius 1 is 1.00 bits per heavy atom. The zero-order chi connectivity index (χ0) is 25.7. The molecule has 1 saturated heterocycles. The summed E-state index contributed by atoms with van der Waals surface area (Å²) in [5.74, 6) is 0.500. The summed E-state index contributed by atoms with van der Waals surface area (Å²) in [5, 5.41) is 2.60. The third-order valence-electron chi connectivity index (χ3n) is 5.29. The van der Waals surface area contributed by atoms with Gasteiger partial charge in [-0.2, -0.15) is 0 Å². The molecule has 0 bridgehead atoms. The van der Waals surface area contributed by atoms with Gasteiger partial charge in [0.25, 0.3) is 11.8 Å². The number of ether oxygens (including phenoxy) is 3. The minimum absolute atomic E-state index is 0.00469. The molecule has 0 unspecified atom stereocenters. The second-order valence-corrected chi connectivity index (χ2v) is 9.02. The van der Waals surface area contributed by atoms with Crippen molar-refractivity contribution >= 4 is 56.8 Å². The molecular formula is C27H23BrN2O5S. The molecule has 4 rings (SSSR count). The Balaban J connectivity index is 1.58. The largest absolute Gasteiger partial charge is 0.494 e. The molecule has 3 aromatic rings. The topological polar surface area (TPSA) is 77.1 Å².